The zero-order valence-electron chi connectivity index (χ0n) is 10.2. The highest BCUT2D eigenvalue weighted by atomic mass is 16.3. The molecule has 0 radical (unpaired) electrons. The fourth-order valence-corrected chi connectivity index (χ4v) is 3.34. The summed E-state index contributed by atoms with van der Waals surface area (Å²) in [7, 11) is 0. The molecule has 2 unspecified atom stereocenters. The summed E-state index contributed by atoms with van der Waals surface area (Å²) >= 11 is 0. The lowest BCUT2D eigenvalue weighted by atomic mass is 9.78. The molecule has 0 aliphatic heterocycles. The second-order valence-electron chi connectivity index (χ2n) is 5.31. The van der Waals surface area contributed by atoms with Gasteiger partial charge in [-0.15, -0.1) is 0 Å². The smallest absolute Gasteiger partial charge is 0.0818 e. The predicted molar refractivity (Wildman–Crippen MR) is 70.1 cm³/mol. The standard InChI is InChI=1S/C16H20O/c17-16(13-7-1-2-8-13)15-11-5-9-12-6-3-4-10-14(12)15/h3-4,6-7,10,15-17H,1-2,5,8-9,11H2. The zero-order valence-corrected chi connectivity index (χ0v) is 10.2. The number of hydrogen-bond donors (Lipinski definition) is 1. The highest BCUT2D eigenvalue weighted by Crippen LogP contribution is 2.38. The summed E-state index contributed by atoms with van der Waals surface area (Å²) in [6.45, 7) is 0. The Balaban J connectivity index is 1.89. The van der Waals surface area contributed by atoms with E-state index < -0.39 is 0 Å². The van der Waals surface area contributed by atoms with E-state index in [9.17, 15) is 5.11 Å². The van der Waals surface area contributed by atoms with Crippen molar-refractivity contribution in [3.63, 3.8) is 0 Å². The van der Waals surface area contributed by atoms with Crippen LogP contribution in [-0.2, 0) is 6.42 Å². The molecule has 0 saturated heterocycles. The molecule has 1 nitrogen and oxygen atoms in total. The second kappa shape index (κ2) is 4.66. The summed E-state index contributed by atoms with van der Waals surface area (Å²) in [4.78, 5) is 0. The Kier molecular flexibility index (Phi) is 3.02. The molecule has 90 valence electrons. The fourth-order valence-electron chi connectivity index (χ4n) is 3.34. The molecule has 1 aromatic carbocycles. The summed E-state index contributed by atoms with van der Waals surface area (Å²) in [5, 5.41) is 10.6. The van der Waals surface area contributed by atoms with Crippen molar-refractivity contribution in [3.05, 3.63) is 47.0 Å². The first kappa shape index (κ1) is 11.0. The van der Waals surface area contributed by atoms with E-state index in [0.717, 1.165) is 19.3 Å². The number of rotatable bonds is 2. The molecule has 0 bridgehead atoms. The van der Waals surface area contributed by atoms with E-state index in [1.54, 1.807) is 0 Å². The van der Waals surface area contributed by atoms with Crippen molar-refractivity contribution in [1.82, 2.24) is 0 Å². The first-order valence-electron chi connectivity index (χ1n) is 6.81. The fraction of sp³-hybridized carbons (Fsp3) is 0.500. The average Bonchev–Trinajstić information content (AvgIpc) is 2.91. The van der Waals surface area contributed by atoms with Gasteiger partial charge < -0.3 is 5.11 Å². The van der Waals surface area contributed by atoms with Gasteiger partial charge in [-0.1, -0.05) is 30.3 Å². The molecule has 0 fully saturated rings. The Labute approximate surface area is 103 Å². The molecule has 0 aromatic heterocycles. The van der Waals surface area contributed by atoms with E-state index in [1.165, 1.54) is 36.0 Å². The highest BCUT2D eigenvalue weighted by molar-refractivity contribution is 5.35. The average molecular weight is 228 g/mol. The van der Waals surface area contributed by atoms with Gasteiger partial charge in [0.1, 0.15) is 0 Å². The minimum atomic E-state index is -0.237. The summed E-state index contributed by atoms with van der Waals surface area (Å²) in [5.41, 5.74) is 4.12. The maximum atomic E-state index is 10.6. The van der Waals surface area contributed by atoms with Crippen LogP contribution in [0, 0.1) is 0 Å². The van der Waals surface area contributed by atoms with Crippen molar-refractivity contribution in [2.45, 2.75) is 50.5 Å². The Bertz CT molecular complexity index is 433. The van der Waals surface area contributed by atoms with Crippen molar-refractivity contribution < 1.29 is 5.11 Å². The van der Waals surface area contributed by atoms with E-state index in [1.807, 2.05) is 0 Å². The number of aliphatic hydroxyl groups is 1. The Morgan fingerprint density at radius 3 is 2.82 bits per heavy atom. The molecule has 0 amide bonds. The van der Waals surface area contributed by atoms with Crippen LogP contribution in [0.25, 0.3) is 0 Å². The molecule has 0 heterocycles. The van der Waals surface area contributed by atoms with Crippen LogP contribution in [0.15, 0.2) is 35.9 Å². The van der Waals surface area contributed by atoms with Crippen LogP contribution in [0.2, 0.25) is 0 Å². The predicted octanol–water partition coefficient (Wildman–Crippen LogP) is 3.58. The van der Waals surface area contributed by atoms with Crippen LogP contribution in [0.5, 0.6) is 0 Å². The van der Waals surface area contributed by atoms with Crippen molar-refractivity contribution >= 4 is 0 Å². The molecule has 2 atom stereocenters. The molecular weight excluding hydrogens is 208 g/mol. The summed E-state index contributed by atoms with van der Waals surface area (Å²) in [6, 6.07) is 8.64. The lowest BCUT2D eigenvalue weighted by Crippen LogP contribution is -2.24. The van der Waals surface area contributed by atoms with Gasteiger partial charge in [0.2, 0.25) is 0 Å². The zero-order chi connectivity index (χ0) is 11.7. The number of aryl methyl sites for hydroxylation is 1. The minimum absolute atomic E-state index is 0.237. The Morgan fingerprint density at radius 2 is 2.00 bits per heavy atom. The van der Waals surface area contributed by atoms with Gasteiger partial charge in [0.25, 0.3) is 0 Å². The molecule has 1 N–H and O–H groups in total. The van der Waals surface area contributed by atoms with Gasteiger partial charge in [-0.2, -0.15) is 0 Å². The van der Waals surface area contributed by atoms with Gasteiger partial charge in [0.05, 0.1) is 6.10 Å². The van der Waals surface area contributed by atoms with Crippen LogP contribution < -0.4 is 0 Å². The largest absolute Gasteiger partial charge is 0.388 e. The third-order valence-corrected chi connectivity index (χ3v) is 4.25. The van der Waals surface area contributed by atoms with E-state index in [2.05, 4.69) is 30.3 Å². The minimum Gasteiger partial charge on any atom is -0.388 e. The molecule has 17 heavy (non-hydrogen) atoms. The van der Waals surface area contributed by atoms with Crippen LogP contribution in [0.3, 0.4) is 0 Å². The first-order chi connectivity index (χ1) is 8.36. The van der Waals surface area contributed by atoms with Crippen molar-refractivity contribution in [2.75, 3.05) is 0 Å². The summed E-state index contributed by atoms with van der Waals surface area (Å²) in [5.74, 6) is 0.337. The monoisotopic (exact) mass is 228 g/mol. The molecule has 1 aromatic rings. The van der Waals surface area contributed by atoms with Crippen LogP contribution in [0.1, 0.15) is 49.1 Å². The SMILES string of the molecule is OC(C1=CCCC1)C1CCCc2ccccc21. The first-order valence-corrected chi connectivity index (χ1v) is 6.81. The number of fused-ring (bicyclic) bond motifs is 1. The van der Waals surface area contributed by atoms with Crippen LogP contribution in [-0.4, -0.2) is 11.2 Å². The Morgan fingerprint density at radius 1 is 1.12 bits per heavy atom. The lowest BCUT2D eigenvalue weighted by molar-refractivity contribution is 0.166. The molecule has 2 aliphatic carbocycles. The van der Waals surface area contributed by atoms with Crippen molar-refractivity contribution in [2.24, 2.45) is 0 Å². The normalized spacial score (nSPS) is 25.2. The molecule has 0 spiro atoms. The third-order valence-electron chi connectivity index (χ3n) is 4.25. The molecule has 2 aliphatic rings. The van der Waals surface area contributed by atoms with E-state index in [4.69, 9.17) is 0 Å². The maximum Gasteiger partial charge on any atom is 0.0818 e. The van der Waals surface area contributed by atoms with Gasteiger partial charge in [-0.05, 0) is 55.2 Å². The van der Waals surface area contributed by atoms with Crippen LogP contribution in [0.4, 0.5) is 0 Å². The lowest BCUT2D eigenvalue weighted by Gasteiger charge is -2.30. The third kappa shape index (κ3) is 2.04. The van der Waals surface area contributed by atoms with Crippen LogP contribution >= 0.6 is 0 Å². The van der Waals surface area contributed by atoms with E-state index in [-0.39, 0.29) is 6.10 Å². The van der Waals surface area contributed by atoms with Crippen molar-refractivity contribution in [1.29, 1.82) is 0 Å². The molecule has 3 rings (SSSR count). The van der Waals surface area contributed by atoms with Crippen molar-refractivity contribution in [3.8, 4) is 0 Å². The topological polar surface area (TPSA) is 20.2 Å². The number of allylic oxidation sites excluding steroid dienone is 1. The number of hydrogen-bond acceptors (Lipinski definition) is 1. The molecule has 1 heteroatoms. The van der Waals surface area contributed by atoms with Gasteiger partial charge in [-0.3, -0.25) is 0 Å². The number of aliphatic hydroxyl groups excluding tert-OH is 1. The summed E-state index contributed by atoms with van der Waals surface area (Å²) < 4.78 is 0. The van der Waals surface area contributed by atoms with Gasteiger partial charge in [0.15, 0.2) is 0 Å². The molecule has 0 saturated carbocycles. The quantitative estimate of drug-likeness (QED) is 0.767. The Hall–Kier alpha value is -1.08. The second-order valence-corrected chi connectivity index (χ2v) is 5.31. The van der Waals surface area contributed by atoms with Gasteiger partial charge in [0, 0.05) is 5.92 Å². The van der Waals surface area contributed by atoms with Gasteiger partial charge in [-0.25, -0.2) is 0 Å². The highest BCUT2D eigenvalue weighted by Gasteiger charge is 2.29. The number of benzene rings is 1. The van der Waals surface area contributed by atoms with E-state index in [0.29, 0.717) is 5.92 Å². The van der Waals surface area contributed by atoms with Gasteiger partial charge >= 0.3 is 0 Å². The maximum absolute atomic E-state index is 10.6. The molecular formula is C16H20O. The van der Waals surface area contributed by atoms with E-state index >= 15 is 0 Å². The summed E-state index contributed by atoms with van der Waals surface area (Å²) in [6.07, 6.45) is 9.02.